The molecule has 0 bridgehead atoms. The first-order valence-corrected chi connectivity index (χ1v) is 5.67. The van der Waals surface area contributed by atoms with E-state index in [-0.39, 0.29) is 5.69 Å². The van der Waals surface area contributed by atoms with Gasteiger partial charge in [0.1, 0.15) is 5.69 Å². The zero-order chi connectivity index (χ0) is 14.2. The Hall–Kier alpha value is -2.07. The average Bonchev–Trinajstić information content (AvgIpc) is 2.63. The molecule has 0 N–H and O–H groups in total. The highest BCUT2D eigenvalue weighted by Gasteiger charge is 2.39. The van der Waals surface area contributed by atoms with Crippen LogP contribution in [0.2, 0.25) is 0 Å². The van der Waals surface area contributed by atoms with Crippen LogP contribution < -0.4 is 0 Å². The fraction of sp³-hybridized carbons (Fsp3) is 0.308. The molecule has 0 spiro atoms. The molecule has 0 saturated heterocycles. The van der Waals surface area contributed by atoms with Crippen molar-refractivity contribution in [3.8, 4) is 0 Å². The van der Waals surface area contributed by atoms with E-state index in [2.05, 4.69) is 4.99 Å². The van der Waals surface area contributed by atoms with Crippen molar-refractivity contribution in [2.24, 2.45) is 12.0 Å². The predicted octanol–water partition coefficient (Wildman–Crippen LogP) is 3.73. The second-order valence-electron chi connectivity index (χ2n) is 4.12. The van der Waals surface area contributed by atoms with Crippen molar-refractivity contribution in [2.75, 3.05) is 0 Å². The largest absolute Gasteiger partial charge is 0.433 e. The summed E-state index contributed by atoms with van der Waals surface area (Å²) < 4.78 is 40.3. The number of hydrogen-bond donors (Lipinski definition) is 0. The summed E-state index contributed by atoms with van der Waals surface area (Å²) in [5, 5.41) is 0.317. The number of aryl methyl sites for hydroxylation is 2. The van der Waals surface area contributed by atoms with E-state index in [9.17, 15) is 18.0 Å². The summed E-state index contributed by atoms with van der Waals surface area (Å²) in [6.45, 7) is 1.86. The molecule has 0 saturated carbocycles. The van der Waals surface area contributed by atoms with E-state index in [1.165, 1.54) is 19.2 Å². The highest BCUT2D eigenvalue weighted by molar-refractivity contribution is 5.96. The normalized spacial score (nSPS) is 11.6. The third kappa shape index (κ3) is 2.04. The number of benzene rings is 1. The monoisotopic (exact) mass is 268 g/mol. The molecule has 0 aliphatic rings. The second kappa shape index (κ2) is 4.55. The Balaban J connectivity index is 3.00. The molecule has 1 aromatic heterocycles. The molecule has 0 aliphatic carbocycles. The average molecular weight is 268 g/mol. The van der Waals surface area contributed by atoms with Gasteiger partial charge in [-0.05, 0) is 12.0 Å². The fourth-order valence-corrected chi connectivity index (χ4v) is 2.35. The number of halogens is 3. The van der Waals surface area contributed by atoms with Crippen molar-refractivity contribution in [3.63, 3.8) is 0 Å². The maximum Gasteiger partial charge on any atom is 0.433 e. The number of nitrogens with zero attached hydrogens (tertiary/aromatic N) is 2. The third-order valence-electron chi connectivity index (χ3n) is 3.08. The number of carbonyl (C=O) groups excluding carboxylic acids is 1. The van der Waals surface area contributed by atoms with Crippen LogP contribution in [0.3, 0.4) is 0 Å². The van der Waals surface area contributed by atoms with Gasteiger partial charge in [-0.3, -0.25) is 0 Å². The summed E-state index contributed by atoms with van der Waals surface area (Å²) >= 11 is 0. The van der Waals surface area contributed by atoms with E-state index in [1.54, 1.807) is 12.1 Å². The Labute approximate surface area is 107 Å². The van der Waals surface area contributed by atoms with Gasteiger partial charge in [-0.15, -0.1) is 0 Å². The highest BCUT2D eigenvalue weighted by atomic mass is 19.4. The number of aliphatic imine (C=N–C) groups is 1. The molecule has 0 atom stereocenters. The Bertz CT molecular complexity index is 679. The van der Waals surface area contributed by atoms with Gasteiger partial charge in [0.05, 0.1) is 5.52 Å². The number of aromatic nitrogens is 1. The van der Waals surface area contributed by atoms with E-state index in [0.29, 0.717) is 17.3 Å². The SMILES string of the molecule is CCc1cccc2c(N=C=O)c(C(F)(F)F)n(C)c12. The smallest absolute Gasteiger partial charge is 0.338 e. The number of isocyanates is 1. The molecule has 0 radical (unpaired) electrons. The quantitative estimate of drug-likeness (QED) is 0.603. The first kappa shape index (κ1) is 13.4. The second-order valence-corrected chi connectivity index (χ2v) is 4.12. The summed E-state index contributed by atoms with van der Waals surface area (Å²) in [4.78, 5) is 13.6. The molecule has 100 valence electrons. The minimum atomic E-state index is -4.57. The lowest BCUT2D eigenvalue weighted by molar-refractivity contribution is -0.142. The van der Waals surface area contributed by atoms with Crippen LogP contribution in [0.25, 0.3) is 10.9 Å². The molecular formula is C13H11F3N2O. The number of rotatable bonds is 2. The van der Waals surface area contributed by atoms with Crippen LogP contribution in [0, 0.1) is 0 Å². The zero-order valence-corrected chi connectivity index (χ0v) is 10.4. The summed E-state index contributed by atoms with van der Waals surface area (Å²) in [7, 11) is 1.33. The van der Waals surface area contributed by atoms with Gasteiger partial charge in [0.25, 0.3) is 0 Å². The summed E-state index contributed by atoms with van der Waals surface area (Å²) in [5.41, 5.74) is -0.0637. The van der Waals surface area contributed by atoms with E-state index in [4.69, 9.17) is 0 Å². The molecule has 6 heteroatoms. The lowest BCUT2D eigenvalue weighted by Gasteiger charge is -2.09. The van der Waals surface area contributed by atoms with Gasteiger partial charge in [0.2, 0.25) is 6.08 Å². The van der Waals surface area contributed by atoms with Gasteiger partial charge < -0.3 is 4.57 Å². The van der Waals surface area contributed by atoms with Gasteiger partial charge in [-0.1, -0.05) is 25.1 Å². The summed E-state index contributed by atoms with van der Waals surface area (Å²) in [6.07, 6.45) is -2.78. The van der Waals surface area contributed by atoms with Crippen molar-refractivity contribution in [3.05, 3.63) is 29.5 Å². The van der Waals surface area contributed by atoms with E-state index >= 15 is 0 Å². The maximum atomic E-state index is 13.1. The molecule has 3 nitrogen and oxygen atoms in total. The molecule has 0 unspecified atom stereocenters. The molecule has 0 aliphatic heterocycles. The maximum absolute atomic E-state index is 13.1. The Morgan fingerprint density at radius 2 is 2.05 bits per heavy atom. The van der Waals surface area contributed by atoms with Gasteiger partial charge in [0, 0.05) is 12.4 Å². The molecule has 2 rings (SSSR count). The molecule has 1 heterocycles. The Kier molecular flexibility index (Phi) is 3.20. The lowest BCUT2D eigenvalue weighted by Crippen LogP contribution is -2.11. The van der Waals surface area contributed by atoms with Crippen LogP contribution in [0.1, 0.15) is 18.2 Å². The van der Waals surface area contributed by atoms with Crippen LogP contribution >= 0.6 is 0 Å². The molecule has 0 fully saturated rings. The lowest BCUT2D eigenvalue weighted by atomic mass is 10.1. The van der Waals surface area contributed by atoms with Crippen molar-refractivity contribution in [2.45, 2.75) is 19.5 Å². The van der Waals surface area contributed by atoms with Gasteiger partial charge >= 0.3 is 6.18 Å². The number of para-hydroxylation sites is 1. The molecule has 1 aromatic carbocycles. The van der Waals surface area contributed by atoms with Crippen LogP contribution in [0.4, 0.5) is 18.9 Å². The minimum absolute atomic E-state index is 0.317. The topological polar surface area (TPSA) is 34.4 Å². The predicted molar refractivity (Wildman–Crippen MR) is 65.1 cm³/mol. The number of alkyl halides is 3. The van der Waals surface area contributed by atoms with E-state index in [1.807, 2.05) is 6.92 Å². The zero-order valence-electron chi connectivity index (χ0n) is 10.4. The van der Waals surface area contributed by atoms with Gasteiger partial charge in [-0.2, -0.15) is 18.2 Å². The first-order chi connectivity index (χ1) is 8.91. The standard InChI is InChI=1S/C13H11F3N2O/c1-3-8-5-4-6-9-10(17-7-19)12(13(14,15)16)18(2)11(8)9/h4-6H,3H2,1-2H3. The highest BCUT2D eigenvalue weighted by Crippen LogP contribution is 2.43. The van der Waals surface area contributed by atoms with Crippen molar-refractivity contribution >= 4 is 22.7 Å². The van der Waals surface area contributed by atoms with Crippen LogP contribution in [-0.2, 0) is 24.4 Å². The van der Waals surface area contributed by atoms with Crippen LogP contribution in [0.5, 0.6) is 0 Å². The van der Waals surface area contributed by atoms with Crippen molar-refractivity contribution < 1.29 is 18.0 Å². The van der Waals surface area contributed by atoms with Crippen LogP contribution in [-0.4, -0.2) is 10.6 Å². The fourth-order valence-electron chi connectivity index (χ4n) is 2.35. The van der Waals surface area contributed by atoms with Crippen molar-refractivity contribution in [1.82, 2.24) is 4.57 Å². The molecule has 0 amide bonds. The Morgan fingerprint density at radius 3 is 2.58 bits per heavy atom. The third-order valence-corrected chi connectivity index (χ3v) is 3.08. The minimum Gasteiger partial charge on any atom is -0.338 e. The van der Waals surface area contributed by atoms with Gasteiger partial charge in [0.15, 0.2) is 5.69 Å². The Morgan fingerprint density at radius 1 is 1.37 bits per heavy atom. The number of hydrogen-bond acceptors (Lipinski definition) is 2. The molecule has 2 aromatic rings. The first-order valence-electron chi connectivity index (χ1n) is 5.67. The summed E-state index contributed by atoms with van der Waals surface area (Å²) in [6, 6.07) is 4.95. The van der Waals surface area contributed by atoms with E-state index < -0.39 is 11.9 Å². The van der Waals surface area contributed by atoms with Crippen LogP contribution in [0.15, 0.2) is 23.2 Å². The van der Waals surface area contributed by atoms with Crippen molar-refractivity contribution in [1.29, 1.82) is 0 Å². The molecule has 19 heavy (non-hydrogen) atoms. The molecular weight excluding hydrogens is 257 g/mol. The van der Waals surface area contributed by atoms with Gasteiger partial charge in [-0.25, -0.2) is 4.79 Å². The summed E-state index contributed by atoms with van der Waals surface area (Å²) in [5.74, 6) is 0. The number of fused-ring (bicyclic) bond motifs is 1. The van der Waals surface area contributed by atoms with E-state index in [0.717, 1.165) is 10.1 Å².